The van der Waals surface area contributed by atoms with E-state index in [4.69, 9.17) is 7.80 Å². The Morgan fingerprint density at radius 2 is 1.94 bits per heavy atom. The van der Waals surface area contributed by atoms with Crippen LogP contribution in [0.4, 0.5) is 0 Å². The number of halogens is 1. The number of rotatable bonds is 2. The average molecular weight is 331 g/mol. The van der Waals surface area contributed by atoms with Crippen LogP contribution in [0, 0.1) is 0 Å². The predicted molar refractivity (Wildman–Crippen MR) is 74.3 cm³/mol. The number of ether oxygens (including phenoxy) is 1. The third-order valence-corrected chi connectivity index (χ3v) is 2.47. The van der Waals surface area contributed by atoms with Crippen molar-refractivity contribution in [2.45, 2.75) is 13.8 Å². The first-order valence-corrected chi connectivity index (χ1v) is 5.94. The van der Waals surface area contributed by atoms with E-state index in [1.54, 1.807) is 13.3 Å². The molecule has 0 N–H and O–H groups in total. The van der Waals surface area contributed by atoms with E-state index in [1.165, 1.54) is 0 Å². The normalized spacial score (nSPS) is 9.25. The van der Waals surface area contributed by atoms with Gasteiger partial charge >= 0.3 is 0 Å². The summed E-state index contributed by atoms with van der Waals surface area (Å²) in [6.07, 6.45) is 1.72. The number of aromatic nitrogens is 1. The molecule has 1 aromatic carbocycles. The van der Waals surface area contributed by atoms with Gasteiger partial charge in [-0.05, 0) is 12.1 Å². The van der Waals surface area contributed by atoms with Crippen LogP contribution in [0.2, 0.25) is 0 Å². The van der Waals surface area contributed by atoms with Gasteiger partial charge in [0.05, 0.1) is 12.6 Å². The van der Waals surface area contributed by atoms with Crippen molar-refractivity contribution in [3.8, 4) is 11.5 Å². The van der Waals surface area contributed by atoms with Crippen molar-refractivity contribution in [1.82, 2.24) is 4.98 Å². The largest absolute Gasteiger partial charge is 0.497 e. The molecule has 0 aliphatic carbocycles. The molecule has 0 aliphatic rings. The van der Waals surface area contributed by atoms with Gasteiger partial charge in [-0.1, -0.05) is 13.8 Å². The molecule has 0 unspecified atom stereocenters. The van der Waals surface area contributed by atoms with Gasteiger partial charge in [0, 0.05) is 23.7 Å². The Hall–Kier alpha value is -1.04. The van der Waals surface area contributed by atoms with E-state index in [-0.39, 0.29) is 0 Å². The Bertz CT molecular complexity index is 460. The molecule has 0 saturated carbocycles. The third-order valence-electron chi connectivity index (χ3n) is 1.99. The number of hydrogen-bond donors (Lipinski definition) is 0. The highest BCUT2D eigenvalue weighted by Gasteiger charge is 2.03. The van der Waals surface area contributed by atoms with Crippen LogP contribution in [0.1, 0.15) is 13.8 Å². The lowest BCUT2D eigenvalue weighted by Gasteiger charge is -2.04. The second-order valence-corrected chi connectivity index (χ2v) is 3.21. The van der Waals surface area contributed by atoms with Crippen molar-refractivity contribution in [3.05, 3.63) is 30.5 Å². The monoisotopic (exact) mass is 331 g/mol. The third kappa shape index (κ3) is 2.75. The lowest BCUT2D eigenvalue weighted by Crippen LogP contribution is -1.85. The van der Waals surface area contributed by atoms with Crippen LogP contribution in [-0.2, 0) is 0 Å². The van der Waals surface area contributed by atoms with E-state index in [2.05, 4.69) is 4.98 Å². The van der Waals surface area contributed by atoms with Gasteiger partial charge in [-0.15, -0.1) is 0 Å². The summed E-state index contributed by atoms with van der Waals surface area (Å²) < 4.78 is 10.3. The molecule has 0 spiro atoms. The van der Waals surface area contributed by atoms with Crippen molar-refractivity contribution >= 4 is 33.9 Å². The van der Waals surface area contributed by atoms with Gasteiger partial charge in [-0.25, -0.2) is 0 Å². The maximum atomic E-state index is 5.19. The van der Waals surface area contributed by atoms with Gasteiger partial charge in [0.15, 0.2) is 23.0 Å². The zero-order valence-electron chi connectivity index (χ0n) is 9.53. The second-order valence-electron chi connectivity index (χ2n) is 2.77. The summed E-state index contributed by atoms with van der Waals surface area (Å²) in [6.45, 7) is 4.00. The van der Waals surface area contributed by atoms with Crippen LogP contribution in [0.25, 0.3) is 10.9 Å². The first-order chi connectivity index (χ1) is 7.85. The number of nitrogens with zero attached hydrogens (tertiary/aromatic N) is 1. The lowest BCUT2D eigenvalue weighted by molar-refractivity contribution is 0.415. The van der Waals surface area contributed by atoms with E-state index in [1.807, 2.05) is 61.1 Å². The van der Waals surface area contributed by atoms with Crippen LogP contribution >= 0.6 is 23.0 Å². The summed E-state index contributed by atoms with van der Waals surface area (Å²) in [5, 5.41) is 0.989. The molecule has 16 heavy (non-hydrogen) atoms. The molecular formula is C12H14INO2. The van der Waals surface area contributed by atoms with E-state index in [0.29, 0.717) is 0 Å². The van der Waals surface area contributed by atoms with Crippen molar-refractivity contribution in [2.75, 3.05) is 7.11 Å². The van der Waals surface area contributed by atoms with Gasteiger partial charge in [0.25, 0.3) is 0 Å². The Kier molecular flexibility index (Phi) is 5.31. The van der Waals surface area contributed by atoms with Crippen LogP contribution in [0.15, 0.2) is 30.5 Å². The number of fused-ring (bicyclic) bond motifs is 1. The topological polar surface area (TPSA) is 31.4 Å². The highest BCUT2D eigenvalue weighted by molar-refractivity contribution is 14.1. The SMILES string of the molecule is CC.COc1ccc2c(OI)ccnc2c1. The van der Waals surface area contributed by atoms with Gasteiger partial charge < -0.3 is 7.80 Å². The molecule has 4 heteroatoms. The zero-order chi connectivity index (χ0) is 12.0. The summed E-state index contributed by atoms with van der Waals surface area (Å²) >= 11 is 1.86. The number of pyridine rings is 1. The molecule has 2 rings (SSSR count). The molecule has 0 aliphatic heterocycles. The predicted octanol–water partition coefficient (Wildman–Crippen LogP) is 4.00. The van der Waals surface area contributed by atoms with E-state index < -0.39 is 0 Å². The molecule has 86 valence electrons. The van der Waals surface area contributed by atoms with E-state index >= 15 is 0 Å². The maximum Gasteiger partial charge on any atom is 0.192 e. The molecule has 1 aromatic heterocycles. The molecule has 3 nitrogen and oxygen atoms in total. The zero-order valence-corrected chi connectivity index (χ0v) is 11.7. The van der Waals surface area contributed by atoms with Gasteiger partial charge in [-0.3, -0.25) is 4.98 Å². The minimum atomic E-state index is 0.801. The minimum absolute atomic E-state index is 0.801. The van der Waals surface area contributed by atoms with Crippen molar-refractivity contribution in [1.29, 1.82) is 0 Å². The van der Waals surface area contributed by atoms with Crippen molar-refractivity contribution < 1.29 is 7.80 Å². The molecule has 0 saturated heterocycles. The van der Waals surface area contributed by atoms with Gasteiger partial charge in [0.1, 0.15) is 11.5 Å². The summed E-state index contributed by atoms with van der Waals surface area (Å²) in [7, 11) is 1.64. The van der Waals surface area contributed by atoms with Gasteiger partial charge in [0.2, 0.25) is 0 Å². The Balaban J connectivity index is 0.000000606. The first kappa shape index (κ1) is 13.0. The van der Waals surface area contributed by atoms with Crippen LogP contribution in [0.5, 0.6) is 11.5 Å². The van der Waals surface area contributed by atoms with Crippen LogP contribution in [-0.4, -0.2) is 12.1 Å². The smallest absolute Gasteiger partial charge is 0.192 e. The molecule has 0 bridgehead atoms. The highest BCUT2D eigenvalue weighted by atomic mass is 127. The Morgan fingerprint density at radius 1 is 1.19 bits per heavy atom. The fourth-order valence-corrected chi connectivity index (χ4v) is 1.68. The lowest BCUT2D eigenvalue weighted by atomic mass is 10.2. The Labute approximate surface area is 109 Å². The molecular weight excluding hydrogens is 317 g/mol. The molecule has 2 aromatic rings. The number of benzene rings is 1. The Morgan fingerprint density at radius 3 is 2.56 bits per heavy atom. The van der Waals surface area contributed by atoms with Gasteiger partial charge in [-0.2, -0.15) is 0 Å². The number of hydrogen-bond acceptors (Lipinski definition) is 3. The standard InChI is InChI=1S/C10H8INO2.C2H6/c1-13-7-2-3-8-9(6-7)12-5-4-10(8)14-11;1-2/h2-6H,1H3;1-2H3. The summed E-state index contributed by atoms with van der Waals surface area (Å²) in [5.74, 6) is 1.62. The molecule has 0 atom stereocenters. The summed E-state index contributed by atoms with van der Waals surface area (Å²) in [4.78, 5) is 4.24. The number of methoxy groups -OCH3 is 1. The minimum Gasteiger partial charge on any atom is -0.497 e. The molecule has 0 radical (unpaired) electrons. The van der Waals surface area contributed by atoms with Crippen molar-refractivity contribution in [2.24, 2.45) is 0 Å². The second kappa shape index (κ2) is 6.52. The fraction of sp³-hybridized carbons (Fsp3) is 0.250. The fourth-order valence-electron chi connectivity index (χ4n) is 1.30. The van der Waals surface area contributed by atoms with Crippen LogP contribution < -0.4 is 7.80 Å². The maximum absolute atomic E-state index is 5.19. The summed E-state index contributed by atoms with van der Waals surface area (Å²) in [5.41, 5.74) is 0.874. The highest BCUT2D eigenvalue weighted by Crippen LogP contribution is 2.27. The van der Waals surface area contributed by atoms with E-state index in [9.17, 15) is 0 Å². The van der Waals surface area contributed by atoms with Crippen LogP contribution in [0.3, 0.4) is 0 Å². The summed E-state index contributed by atoms with van der Waals surface area (Å²) in [6, 6.07) is 7.55. The van der Waals surface area contributed by atoms with E-state index in [0.717, 1.165) is 22.4 Å². The molecule has 0 fully saturated rings. The first-order valence-electron chi connectivity index (χ1n) is 5.06. The average Bonchev–Trinajstić information content (AvgIpc) is 2.39. The molecule has 0 amide bonds. The van der Waals surface area contributed by atoms with Crippen molar-refractivity contribution in [3.63, 3.8) is 0 Å². The molecule has 1 heterocycles. The quantitative estimate of drug-likeness (QED) is 0.780.